The highest BCUT2D eigenvalue weighted by Crippen LogP contribution is 2.22. The smallest absolute Gasteiger partial charge is 0.303 e. The Balaban J connectivity index is 2.30. The second-order valence-corrected chi connectivity index (χ2v) is 3.62. The summed E-state index contributed by atoms with van der Waals surface area (Å²) >= 11 is 0. The van der Waals surface area contributed by atoms with E-state index in [-0.39, 0.29) is 6.42 Å². The van der Waals surface area contributed by atoms with Gasteiger partial charge in [-0.15, -0.1) is 0 Å². The number of hydrogen-bond donors (Lipinski definition) is 1. The molecule has 0 bridgehead atoms. The van der Waals surface area contributed by atoms with E-state index in [1.54, 1.807) is 12.4 Å². The van der Waals surface area contributed by atoms with Gasteiger partial charge in [-0.05, 0) is 24.5 Å². The van der Waals surface area contributed by atoms with Crippen LogP contribution in [0.2, 0.25) is 0 Å². The Labute approximate surface area is 97.3 Å². The Bertz CT molecular complexity index is 523. The predicted molar refractivity (Wildman–Crippen MR) is 58.2 cm³/mol. The van der Waals surface area contributed by atoms with Gasteiger partial charge in [0.1, 0.15) is 0 Å². The Morgan fingerprint density at radius 1 is 1.47 bits per heavy atom. The largest absolute Gasteiger partial charge is 0.481 e. The van der Waals surface area contributed by atoms with Crippen LogP contribution < -0.4 is 0 Å². The number of carbonyl (C=O) groups is 1. The fourth-order valence-corrected chi connectivity index (χ4v) is 1.58. The number of pyridine rings is 1. The van der Waals surface area contributed by atoms with Gasteiger partial charge in [-0.3, -0.25) is 9.78 Å². The molecule has 17 heavy (non-hydrogen) atoms. The van der Waals surface area contributed by atoms with Crippen LogP contribution in [0.4, 0.5) is 0 Å². The molecule has 0 aliphatic rings. The van der Waals surface area contributed by atoms with Crippen LogP contribution in [0.1, 0.15) is 17.5 Å². The number of aromatic nitrogens is 3. The summed E-state index contributed by atoms with van der Waals surface area (Å²) in [6, 6.07) is 0. The molecule has 0 aliphatic heterocycles. The van der Waals surface area contributed by atoms with Crippen LogP contribution in [-0.2, 0) is 11.2 Å². The number of rotatable bonds is 4. The van der Waals surface area contributed by atoms with Crippen LogP contribution in [0.3, 0.4) is 0 Å². The molecule has 0 radical (unpaired) electrons. The molecule has 0 saturated carbocycles. The van der Waals surface area contributed by atoms with Gasteiger partial charge in [0.25, 0.3) is 0 Å². The van der Waals surface area contributed by atoms with Crippen LogP contribution in [0.15, 0.2) is 23.3 Å². The molecule has 0 aromatic carbocycles. The normalized spacial score (nSPS) is 10.4. The summed E-state index contributed by atoms with van der Waals surface area (Å²) in [6.45, 7) is 1.89. The van der Waals surface area contributed by atoms with Gasteiger partial charge in [-0.2, -0.15) is 4.98 Å². The zero-order valence-electron chi connectivity index (χ0n) is 9.25. The highest BCUT2D eigenvalue weighted by atomic mass is 16.5. The first-order chi connectivity index (χ1) is 8.18. The Kier molecular flexibility index (Phi) is 3.13. The lowest BCUT2D eigenvalue weighted by molar-refractivity contribution is -0.136. The molecule has 1 N–H and O–H groups in total. The minimum atomic E-state index is -0.825. The molecule has 2 aromatic heterocycles. The van der Waals surface area contributed by atoms with E-state index in [9.17, 15) is 4.79 Å². The van der Waals surface area contributed by atoms with Crippen LogP contribution in [0.5, 0.6) is 0 Å². The highest BCUT2D eigenvalue weighted by Gasteiger charge is 2.11. The number of aliphatic carboxylic acids is 1. The Morgan fingerprint density at radius 3 is 2.94 bits per heavy atom. The van der Waals surface area contributed by atoms with Crippen molar-refractivity contribution in [2.24, 2.45) is 0 Å². The fraction of sp³-hybridized carbons (Fsp3) is 0.273. The van der Waals surface area contributed by atoms with Crippen molar-refractivity contribution in [1.29, 1.82) is 0 Å². The molecule has 0 amide bonds. The van der Waals surface area contributed by atoms with Gasteiger partial charge in [-0.25, -0.2) is 0 Å². The standard InChI is InChI=1S/C11H11N3O3/c1-7-8(2-3-10(15)16)4-12-5-9(7)11-13-6-17-14-11/h4-6H,2-3H2,1H3,(H,15,16). The number of carboxylic acid groups (broad SMARTS) is 1. The van der Waals surface area contributed by atoms with Crippen LogP contribution in [0.25, 0.3) is 11.4 Å². The minimum Gasteiger partial charge on any atom is -0.481 e. The molecule has 0 unspecified atom stereocenters. The van der Waals surface area contributed by atoms with Crippen molar-refractivity contribution in [2.45, 2.75) is 19.8 Å². The van der Waals surface area contributed by atoms with E-state index in [4.69, 9.17) is 5.11 Å². The third-order valence-electron chi connectivity index (χ3n) is 2.53. The average molecular weight is 233 g/mol. The van der Waals surface area contributed by atoms with Crippen LogP contribution >= 0.6 is 0 Å². The zero-order valence-corrected chi connectivity index (χ0v) is 9.25. The second kappa shape index (κ2) is 4.73. The van der Waals surface area contributed by atoms with Gasteiger partial charge in [-0.1, -0.05) is 5.16 Å². The maximum atomic E-state index is 10.5. The highest BCUT2D eigenvalue weighted by molar-refractivity contribution is 5.67. The molecule has 2 rings (SSSR count). The molecule has 0 saturated heterocycles. The predicted octanol–water partition coefficient (Wildman–Crippen LogP) is 1.46. The van der Waals surface area contributed by atoms with Gasteiger partial charge < -0.3 is 9.63 Å². The van der Waals surface area contributed by atoms with E-state index < -0.39 is 5.97 Å². The molecular weight excluding hydrogens is 222 g/mol. The molecule has 0 spiro atoms. The third-order valence-corrected chi connectivity index (χ3v) is 2.53. The van der Waals surface area contributed by atoms with Gasteiger partial charge >= 0.3 is 5.97 Å². The SMILES string of the molecule is Cc1c(CCC(=O)O)cncc1-c1ncon1. The monoisotopic (exact) mass is 233 g/mol. The third kappa shape index (κ3) is 2.47. The molecular formula is C11H11N3O3. The summed E-state index contributed by atoms with van der Waals surface area (Å²) in [4.78, 5) is 18.6. The number of nitrogens with zero attached hydrogens (tertiary/aromatic N) is 3. The topological polar surface area (TPSA) is 89.1 Å². The van der Waals surface area contributed by atoms with E-state index in [1.807, 2.05) is 6.92 Å². The second-order valence-electron chi connectivity index (χ2n) is 3.62. The van der Waals surface area contributed by atoms with Gasteiger partial charge in [0.05, 0.1) is 0 Å². The molecule has 6 nitrogen and oxygen atoms in total. The maximum Gasteiger partial charge on any atom is 0.303 e. The van der Waals surface area contributed by atoms with E-state index in [1.165, 1.54) is 6.39 Å². The van der Waals surface area contributed by atoms with E-state index in [2.05, 4.69) is 19.6 Å². The minimum absolute atomic E-state index is 0.0816. The summed E-state index contributed by atoms with van der Waals surface area (Å²) in [7, 11) is 0. The van der Waals surface area contributed by atoms with Crippen molar-refractivity contribution in [1.82, 2.24) is 15.1 Å². The maximum absolute atomic E-state index is 10.5. The van der Waals surface area contributed by atoms with E-state index in [0.717, 1.165) is 16.7 Å². The van der Waals surface area contributed by atoms with Gasteiger partial charge in [0, 0.05) is 24.4 Å². The van der Waals surface area contributed by atoms with Crippen molar-refractivity contribution in [2.75, 3.05) is 0 Å². The van der Waals surface area contributed by atoms with Gasteiger partial charge in [0.15, 0.2) is 0 Å². The summed E-state index contributed by atoms with van der Waals surface area (Å²) in [5.41, 5.74) is 2.58. The lowest BCUT2D eigenvalue weighted by Gasteiger charge is -2.06. The fourth-order valence-electron chi connectivity index (χ4n) is 1.58. The lowest BCUT2D eigenvalue weighted by atomic mass is 10.0. The van der Waals surface area contributed by atoms with Crippen LogP contribution in [-0.4, -0.2) is 26.2 Å². The Hall–Kier alpha value is -2.24. The average Bonchev–Trinajstić information content (AvgIpc) is 2.81. The van der Waals surface area contributed by atoms with Crippen molar-refractivity contribution in [3.63, 3.8) is 0 Å². The van der Waals surface area contributed by atoms with Crippen molar-refractivity contribution >= 4 is 5.97 Å². The first kappa shape index (κ1) is 11.3. The summed E-state index contributed by atoms with van der Waals surface area (Å²) in [6.07, 6.45) is 5.09. The molecule has 0 fully saturated rings. The van der Waals surface area contributed by atoms with Crippen LogP contribution in [0, 0.1) is 6.92 Å². The summed E-state index contributed by atoms with van der Waals surface area (Å²) < 4.78 is 4.68. The Morgan fingerprint density at radius 2 is 2.29 bits per heavy atom. The first-order valence-electron chi connectivity index (χ1n) is 5.10. The van der Waals surface area contributed by atoms with Crippen molar-refractivity contribution in [3.05, 3.63) is 29.9 Å². The quantitative estimate of drug-likeness (QED) is 0.859. The first-order valence-corrected chi connectivity index (χ1v) is 5.10. The molecule has 0 atom stereocenters. The van der Waals surface area contributed by atoms with E-state index >= 15 is 0 Å². The molecule has 6 heteroatoms. The summed E-state index contributed by atoms with van der Waals surface area (Å²) in [5.74, 6) is -0.360. The number of carboxylic acids is 1. The number of hydrogen-bond acceptors (Lipinski definition) is 5. The molecule has 88 valence electrons. The number of aryl methyl sites for hydroxylation is 1. The van der Waals surface area contributed by atoms with Crippen molar-refractivity contribution in [3.8, 4) is 11.4 Å². The van der Waals surface area contributed by atoms with E-state index in [0.29, 0.717) is 12.2 Å². The molecule has 2 heterocycles. The lowest BCUT2D eigenvalue weighted by Crippen LogP contribution is -2.01. The summed E-state index contributed by atoms with van der Waals surface area (Å²) in [5, 5.41) is 12.4. The van der Waals surface area contributed by atoms with Crippen molar-refractivity contribution < 1.29 is 14.4 Å². The zero-order chi connectivity index (χ0) is 12.3. The van der Waals surface area contributed by atoms with Gasteiger partial charge in [0.2, 0.25) is 12.2 Å². The molecule has 0 aliphatic carbocycles. The molecule has 2 aromatic rings.